The molecule has 2 aromatic carbocycles. The van der Waals surface area contributed by atoms with E-state index in [2.05, 4.69) is 17.2 Å². The molecule has 118 valence electrons. The number of anilines is 1. The number of carbonyl (C=O) groups excluding carboxylic acids is 2. The van der Waals surface area contributed by atoms with E-state index in [0.29, 0.717) is 29.1 Å². The molecule has 0 aromatic heterocycles. The summed E-state index contributed by atoms with van der Waals surface area (Å²) in [5.74, 6) is 0.206. The molecule has 2 rings (SSSR count). The Morgan fingerprint density at radius 1 is 1.09 bits per heavy atom. The largest absolute Gasteiger partial charge is 0.497 e. The molecule has 0 radical (unpaired) electrons. The molecule has 0 atom stereocenters. The van der Waals surface area contributed by atoms with E-state index >= 15 is 0 Å². The second kappa shape index (κ2) is 7.79. The number of rotatable bonds is 6. The van der Waals surface area contributed by atoms with Crippen molar-refractivity contribution in [2.75, 3.05) is 19.0 Å². The van der Waals surface area contributed by atoms with Crippen LogP contribution in [-0.2, 0) is 0 Å². The third kappa shape index (κ3) is 4.44. The van der Waals surface area contributed by atoms with Gasteiger partial charge in [-0.25, -0.2) is 0 Å². The quantitative estimate of drug-likeness (QED) is 0.806. The lowest BCUT2D eigenvalue weighted by Gasteiger charge is -2.08. The van der Waals surface area contributed by atoms with Crippen molar-refractivity contribution in [1.82, 2.24) is 5.32 Å². The molecule has 5 heteroatoms. The van der Waals surface area contributed by atoms with Crippen LogP contribution in [0.25, 0.3) is 0 Å². The first kappa shape index (κ1) is 16.3. The fourth-order valence-corrected chi connectivity index (χ4v) is 1.94. The van der Waals surface area contributed by atoms with Crippen molar-refractivity contribution in [3.8, 4) is 5.75 Å². The molecule has 0 spiro atoms. The van der Waals surface area contributed by atoms with Gasteiger partial charge >= 0.3 is 0 Å². The lowest BCUT2D eigenvalue weighted by Crippen LogP contribution is -2.23. The van der Waals surface area contributed by atoms with E-state index in [9.17, 15) is 9.59 Å². The van der Waals surface area contributed by atoms with Crippen LogP contribution in [0.5, 0.6) is 5.75 Å². The summed E-state index contributed by atoms with van der Waals surface area (Å²) in [6.07, 6.45) is 1.61. The molecule has 0 heterocycles. The molecule has 0 saturated heterocycles. The average Bonchev–Trinajstić information content (AvgIpc) is 2.60. The standard InChI is InChI=1S/C18H18N2O3/c1-3-11-19-17(21)13-7-9-14(10-8-13)18(22)20-15-5-4-6-16(12-15)23-2/h3-10,12H,1,11H2,2H3,(H,19,21)(H,20,22). The van der Waals surface area contributed by atoms with Crippen LogP contribution in [0.2, 0.25) is 0 Å². The predicted octanol–water partition coefficient (Wildman–Crippen LogP) is 2.86. The minimum absolute atomic E-state index is 0.204. The van der Waals surface area contributed by atoms with E-state index in [1.54, 1.807) is 61.7 Å². The molecule has 0 aliphatic rings. The summed E-state index contributed by atoms with van der Waals surface area (Å²) in [7, 11) is 1.57. The van der Waals surface area contributed by atoms with Crippen LogP contribution < -0.4 is 15.4 Å². The summed E-state index contributed by atoms with van der Waals surface area (Å²) in [6.45, 7) is 3.94. The summed E-state index contributed by atoms with van der Waals surface area (Å²) in [5, 5.41) is 5.46. The third-order valence-electron chi connectivity index (χ3n) is 3.14. The number of hydrogen-bond donors (Lipinski definition) is 2. The molecule has 23 heavy (non-hydrogen) atoms. The molecule has 0 aliphatic heterocycles. The first-order valence-electron chi connectivity index (χ1n) is 7.08. The van der Waals surface area contributed by atoms with Crippen molar-refractivity contribution in [1.29, 1.82) is 0 Å². The van der Waals surface area contributed by atoms with Gasteiger partial charge < -0.3 is 15.4 Å². The summed E-state index contributed by atoms with van der Waals surface area (Å²) in [5.41, 5.74) is 1.60. The normalized spacial score (nSPS) is 9.78. The summed E-state index contributed by atoms with van der Waals surface area (Å²) < 4.78 is 5.11. The fraction of sp³-hybridized carbons (Fsp3) is 0.111. The van der Waals surface area contributed by atoms with Crippen LogP contribution in [0, 0.1) is 0 Å². The van der Waals surface area contributed by atoms with Gasteiger partial charge in [0.2, 0.25) is 0 Å². The zero-order valence-corrected chi connectivity index (χ0v) is 12.8. The minimum atomic E-state index is -0.253. The molecule has 0 aliphatic carbocycles. The number of ether oxygens (including phenoxy) is 1. The average molecular weight is 310 g/mol. The molecule has 0 bridgehead atoms. The van der Waals surface area contributed by atoms with Crippen molar-refractivity contribution in [3.63, 3.8) is 0 Å². The van der Waals surface area contributed by atoms with Crippen LogP contribution in [0.15, 0.2) is 61.2 Å². The number of amides is 2. The Morgan fingerprint density at radius 3 is 2.35 bits per heavy atom. The van der Waals surface area contributed by atoms with Gasteiger partial charge in [-0.15, -0.1) is 6.58 Å². The first-order chi connectivity index (χ1) is 11.1. The second-order valence-electron chi connectivity index (χ2n) is 4.76. The van der Waals surface area contributed by atoms with Gasteiger partial charge in [0.1, 0.15) is 5.75 Å². The Hall–Kier alpha value is -3.08. The van der Waals surface area contributed by atoms with E-state index in [1.165, 1.54) is 0 Å². The second-order valence-corrected chi connectivity index (χ2v) is 4.76. The monoisotopic (exact) mass is 310 g/mol. The van der Waals surface area contributed by atoms with E-state index in [0.717, 1.165) is 0 Å². The Balaban J connectivity index is 2.05. The number of nitrogens with one attached hydrogen (secondary N) is 2. The van der Waals surface area contributed by atoms with Crippen LogP contribution in [0.3, 0.4) is 0 Å². The van der Waals surface area contributed by atoms with Crippen molar-refractivity contribution in [2.45, 2.75) is 0 Å². The fourth-order valence-electron chi connectivity index (χ4n) is 1.94. The van der Waals surface area contributed by atoms with Gasteiger partial charge in [0.25, 0.3) is 11.8 Å². The molecule has 0 saturated carbocycles. The lowest BCUT2D eigenvalue weighted by molar-refractivity contribution is 0.0956. The minimum Gasteiger partial charge on any atom is -0.497 e. The van der Waals surface area contributed by atoms with E-state index < -0.39 is 0 Å². The maximum atomic E-state index is 12.2. The summed E-state index contributed by atoms with van der Waals surface area (Å²) in [4.78, 5) is 24.0. The lowest BCUT2D eigenvalue weighted by atomic mass is 10.1. The Bertz CT molecular complexity index is 708. The van der Waals surface area contributed by atoms with Crippen molar-refractivity contribution in [2.24, 2.45) is 0 Å². The van der Waals surface area contributed by atoms with Gasteiger partial charge in [-0.05, 0) is 36.4 Å². The number of hydrogen-bond acceptors (Lipinski definition) is 3. The van der Waals surface area contributed by atoms with Crippen LogP contribution in [0.4, 0.5) is 5.69 Å². The van der Waals surface area contributed by atoms with Crippen LogP contribution in [-0.4, -0.2) is 25.5 Å². The van der Waals surface area contributed by atoms with Gasteiger partial charge in [-0.3, -0.25) is 9.59 Å². The van der Waals surface area contributed by atoms with Gasteiger partial charge in [0.15, 0.2) is 0 Å². The highest BCUT2D eigenvalue weighted by Crippen LogP contribution is 2.17. The van der Waals surface area contributed by atoms with Crippen molar-refractivity contribution < 1.29 is 14.3 Å². The highest BCUT2D eigenvalue weighted by molar-refractivity contribution is 6.05. The van der Waals surface area contributed by atoms with Crippen LogP contribution in [0.1, 0.15) is 20.7 Å². The number of benzene rings is 2. The Kier molecular flexibility index (Phi) is 5.52. The van der Waals surface area contributed by atoms with E-state index in [-0.39, 0.29) is 11.8 Å². The molecule has 2 N–H and O–H groups in total. The molecule has 0 unspecified atom stereocenters. The number of carbonyl (C=O) groups is 2. The van der Waals surface area contributed by atoms with Crippen molar-refractivity contribution >= 4 is 17.5 Å². The maximum Gasteiger partial charge on any atom is 0.255 e. The first-order valence-corrected chi connectivity index (χ1v) is 7.08. The van der Waals surface area contributed by atoms with Crippen LogP contribution >= 0.6 is 0 Å². The smallest absolute Gasteiger partial charge is 0.255 e. The van der Waals surface area contributed by atoms with Gasteiger partial charge in [-0.1, -0.05) is 12.1 Å². The molecular formula is C18H18N2O3. The number of methoxy groups -OCH3 is 1. The predicted molar refractivity (Wildman–Crippen MR) is 89.9 cm³/mol. The SMILES string of the molecule is C=CCNC(=O)c1ccc(C(=O)Nc2cccc(OC)c2)cc1. The van der Waals surface area contributed by atoms with Gasteiger partial charge in [-0.2, -0.15) is 0 Å². The van der Waals surface area contributed by atoms with Crippen molar-refractivity contribution in [3.05, 3.63) is 72.3 Å². The summed E-state index contributed by atoms with van der Waals surface area (Å²) in [6, 6.07) is 13.5. The molecular weight excluding hydrogens is 292 g/mol. The van der Waals surface area contributed by atoms with Gasteiger partial charge in [0, 0.05) is 29.4 Å². The maximum absolute atomic E-state index is 12.2. The molecule has 2 aromatic rings. The highest BCUT2D eigenvalue weighted by atomic mass is 16.5. The zero-order chi connectivity index (χ0) is 16.7. The molecule has 0 fully saturated rings. The molecule has 5 nitrogen and oxygen atoms in total. The molecule has 2 amide bonds. The zero-order valence-electron chi connectivity index (χ0n) is 12.8. The van der Waals surface area contributed by atoms with E-state index in [4.69, 9.17) is 4.74 Å². The third-order valence-corrected chi connectivity index (χ3v) is 3.14. The van der Waals surface area contributed by atoms with Gasteiger partial charge in [0.05, 0.1) is 7.11 Å². The Morgan fingerprint density at radius 2 is 1.74 bits per heavy atom. The topological polar surface area (TPSA) is 67.4 Å². The summed E-state index contributed by atoms with van der Waals surface area (Å²) >= 11 is 0. The van der Waals surface area contributed by atoms with E-state index in [1.807, 2.05) is 0 Å². The highest BCUT2D eigenvalue weighted by Gasteiger charge is 2.09. The Labute approximate surface area is 135 Å².